The second-order valence-corrected chi connectivity index (χ2v) is 6.00. The summed E-state index contributed by atoms with van der Waals surface area (Å²) in [5, 5.41) is 0. The molecule has 0 aliphatic heterocycles. The van der Waals surface area contributed by atoms with E-state index in [1.54, 1.807) is 13.0 Å². The minimum Gasteiger partial charge on any atom is -0.488 e. The van der Waals surface area contributed by atoms with Gasteiger partial charge in [-0.1, -0.05) is 73.7 Å². The molecule has 3 rings (SSSR count). The maximum absolute atomic E-state index is 13.7. The number of halogens is 3. The molecular weight excluding hydrogens is 337 g/mol. The zero-order valence-corrected chi connectivity index (χ0v) is 14.4. The van der Waals surface area contributed by atoms with Crippen LogP contribution in [-0.2, 0) is 19.2 Å². The quantitative estimate of drug-likeness (QED) is 0.506. The maximum atomic E-state index is 13.7. The van der Waals surface area contributed by atoms with Gasteiger partial charge in [-0.3, -0.25) is 0 Å². The fraction of sp³-hybridized carbons (Fsp3) is 0.182. The van der Waals surface area contributed by atoms with Crippen molar-refractivity contribution in [2.75, 3.05) is 0 Å². The molecule has 26 heavy (non-hydrogen) atoms. The Labute approximate surface area is 151 Å². The van der Waals surface area contributed by atoms with Crippen LogP contribution in [-0.4, -0.2) is 0 Å². The van der Waals surface area contributed by atoms with Crippen LogP contribution in [0, 0.1) is 0 Å². The minimum atomic E-state index is -4.47. The van der Waals surface area contributed by atoms with E-state index in [1.165, 1.54) is 6.07 Å². The second-order valence-electron chi connectivity index (χ2n) is 6.00. The van der Waals surface area contributed by atoms with Crippen molar-refractivity contribution in [2.24, 2.45) is 0 Å². The lowest BCUT2D eigenvalue weighted by molar-refractivity contribution is -0.139. The monoisotopic (exact) mass is 356 g/mol. The summed E-state index contributed by atoms with van der Waals surface area (Å²) in [6.07, 6.45) is -4.19. The third kappa shape index (κ3) is 4.07. The van der Waals surface area contributed by atoms with Gasteiger partial charge in [0.2, 0.25) is 0 Å². The minimum absolute atomic E-state index is 0.0886. The molecule has 0 aromatic heterocycles. The van der Waals surface area contributed by atoms with Crippen molar-refractivity contribution in [1.82, 2.24) is 0 Å². The second kappa shape index (κ2) is 7.65. The molecular formula is C22H19F3O. The Balaban J connectivity index is 2.06. The standard InChI is InChI=1S/C22H19F3O/c1-2-17-13-19(18-11-7-4-8-12-18)14-20(21(17)22(23,24)25)26-15-16-9-5-3-6-10-16/h3-14H,2,15H2,1H3. The average Bonchev–Trinajstić information content (AvgIpc) is 2.66. The maximum Gasteiger partial charge on any atom is 0.420 e. The average molecular weight is 356 g/mol. The highest BCUT2D eigenvalue weighted by atomic mass is 19.4. The Morgan fingerprint density at radius 3 is 2.00 bits per heavy atom. The van der Waals surface area contributed by atoms with Crippen molar-refractivity contribution in [2.45, 2.75) is 26.1 Å². The predicted molar refractivity (Wildman–Crippen MR) is 97.0 cm³/mol. The molecule has 3 aromatic rings. The first kappa shape index (κ1) is 18.1. The van der Waals surface area contributed by atoms with Crippen LogP contribution in [0.25, 0.3) is 11.1 Å². The topological polar surface area (TPSA) is 9.23 Å². The Bertz CT molecular complexity index is 856. The summed E-state index contributed by atoms with van der Waals surface area (Å²) in [6.45, 7) is 1.81. The molecule has 0 N–H and O–H groups in total. The third-order valence-corrected chi connectivity index (χ3v) is 4.19. The number of aryl methyl sites for hydroxylation is 1. The molecule has 0 amide bonds. The van der Waals surface area contributed by atoms with Gasteiger partial charge in [0.1, 0.15) is 17.9 Å². The van der Waals surface area contributed by atoms with Crippen LogP contribution in [0.4, 0.5) is 13.2 Å². The molecule has 0 unspecified atom stereocenters. The van der Waals surface area contributed by atoms with Crippen molar-refractivity contribution in [3.05, 3.63) is 89.5 Å². The molecule has 0 atom stereocenters. The fourth-order valence-electron chi connectivity index (χ4n) is 2.92. The number of hydrogen-bond acceptors (Lipinski definition) is 1. The molecule has 0 aliphatic rings. The van der Waals surface area contributed by atoms with Crippen molar-refractivity contribution in [3.63, 3.8) is 0 Å². The van der Waals surface area contributed by atoms with E-state index in [4.69, 9.17) is 4.74 Å². The Hall–Kier alpha value is -2.75. The first-order chi connectivity index (χ1) is 12.5. The van der Waals surface area contributed by atoms with E-state index < -0.39 is 11.7 Å². The van der Waals surface area contributed by atoms with Crippen LogP contribution >= 0.6 is 0 Å². The zero-order valence-electron chi connectivity index (χ0n) is 14.4. The molecule has 4 heteroatoms. The van der Waals surface area contributed by atoms with Gasteiger partial charge in [0.15, 0.2) is 0 Å². The molecule has 0 fully saturated rings. The van der Waals surface area contributed by atoms with E-state index in [2.05, 4.69) is 0 Å². The lowest BCUT2D eigenvalue weighted by Gasteiger charge is -2.19. The van der Waals surface area contributed by atoms with Gasteiger partial charge in [-0.15, -0.1) is 0 Å². The molecule has 1 nitrogen and oxygen atoms in total. The van der Waals surface area contributed by atoms with Gasteiger partial charge in [0, 0.05) is 0 Å². The Kier molecular flexibility index (Phi) is 5.31. The number of rotatable bonds is 5. The van der Waals surface area contributed by atoms with E-state index in [-0.39, 0.29) is 24.3 Å². The molecule has 0 saturated carbocycles. The largest absolute Gasteiger partial charge is 0.488 e. The first-order valence-electron chi connectivity index (χ1n) is 8.45. The van der Waals surface area contributed by atoms with Crippen LogP contribution in [0.5, 0.6) is 5.75 Å². The van der Waals surface area contributed by atoms with Gasteiger partial charge in [0.25, 0.3) is 0 Å². The summed E-state index contributed by atoms with van der Waals surface area (Å²) < 4.78 is 46.7. The van der Waals surface area contributed by atoms with E-state index in [9.17, 15) is 13.2 Å². The van der Waals surface area contributed by atoms with Gasteiger partial charge in [-0.2, -0.15) is 13.2 Å². The van der Waals surface area contributed by atoms with E-state index in [0.717, 1.165) is 16.7 Å². The van der Waals surface area contributed by atoms with Crippen LogP contribution in [0.1, 0.15) is 23.6 Å². The number of alkyl halides is 3. The van der Waals surface area contributed by atoms with E-state index >= 15 is 0 Å². The Morgan fingerprint density at radius 2 is 1.42 bits per heavy atom. The van der Waals surface area contributed by atoms with Crippen LogP contribution < -0.4 is 4.74 Å². The lowest BCUT2D eigenvalue weighted by Crippen LogP contribution is -2.12. The summed E-state index contributed by atoms with van der Waals surface area (Å²) in [5.74, 6) is -0.125. The van der Waals surface area contributed by atoms with Crippen LogP contribution in [0.3, 0.4) is 0 Å². The summed E-state index contributed by atoms with van der Waals surface area (Å²) >= 11 is 0. The normalized spacial score (nSPS) is 11.4. The number of ether oxygens (including phenoxy) is 1. The molecule has 0 bridgehead atoms. The predicted octanol–water partition coefficient (Wildman–Crippen LogP) is 6.51. The van der Waals surface area contributed by atoms with Gasteiger partial charge < -0.3 is 4.74 Å². The highest BCUT2D eigenvalue weighted by Crippen LogP contribution is 2.42. The van der Waals surface area contributed by atoms with Gasteiger partial charge in [0.05, 0.1) is 0 Å². The molecule has 3 aromatic carbocycles. The molecule has 0 aliphatic carbocycles. The molecule has 134 valence electrons. The molecule has 0 heterocycles. The fourth-order valence-corrected chi connectivity index (χ4v) is 2.92. The van der Waals surface area contributed by atoms with Gasteiger partial charge in [-0.25, -0.2) is 0 Å². The number of hydrogen-bond donors (Lipinski definition) is 0. The lowest BCUT2D eigenvalue weighted by atomic mass is 9.96. The van der Waals surface area contributed by atoms with Crippen molar-refractivity contribution < 1.29 is 17.9 Å². The molecule has 0 spiro atoms. The summed E-state index contributed by atoms with van der Waals surface area (Å²) in [6, 6.07) is 21.6. The smallest absolute Gasteiger partial charge is 0.420 e. The molecule has 0 saturated heterocycles. The summed E-state index contributed by atoms with van der Waals surface area (Å²) in [4.78, 5) is 0. The summed E-state index contributed by atoms with van der Waals surface area (Å²) in [5.41, 5.74) is 1.96. The van der Waals surface area contributed by atoms with Crippen molar-refractivity contribution >= 4 is 0 Å². The highest BCUT2D eigenvalue weighted by Gasteiger charge is 2.37. The molecule has 0 radical (unpaired) electrons. The highest BCUT2D eigenvalue weighted by molar-refractivity contribution is 5.68. The zero-order chi connectivity index (χ0) is 18.6. The first-order valence-corrected chi connectivity index (χ1v) is 8.45. The van der Waals surface area contributed by atoms with Crippen LogP contribution in [0.2, 0.25) is 0 Å². The number of benzene rings is 3. The van der Waals surface area contributed by atoms with Gasteiger partial charge >= 0.3 is 6.18 Å². The van der Waals surface area contributed by atoms with Crippen molar-refractivity contribution in [1.29, 1.82) is 0 Å². The van der Waals surface area contributed by atoms with Crippen LogP contribution in [0.15, 0.2) is 72.8 Å². The van der Waals surface area contributed by atoms with Crippen molar-refractivity contribution in [3.8, 4) is 16.9 Å². The van der Waals surface area contributed by atoms with E-state index in [0.29, 0.717) is 0 Å². The SMILES string of the molecule is CCc1cc(-c2ccccc2)cc(OCc2ccccc2)c1C(F)(F)F. The van der Waals surface area contributed by atoms with E-state index in [1.807, 2.05) is 60.7 Å². The van der Waals surface area contributed by atoms with Gasteiger partial charge in [-0.05, 0) is 34.7 Å². The third-order valence-electron chi connectivity index (χ3n) is 4.19. The summed E-state index contributed by atoms with van der Waals surface area (Å²) in [7, 11) is 0. The Morgan fingerprint density at radius 1 is 0.808 bits per heavy atom.